The van der Waals surface area contributed by atoms with Crippen LogP contribution in [0.5, 0.6) is 0 Å². The number of hydrogen-bond acceptors (Lipinski definition) is 5. The van der Waals surface area contributed by atoms with Gasteiger partial charge in [-0.1, -0.05) is 12.1 Å². The number of nitrogens with two attached hydrogens (primary N) is 1. The lowest BCUT2D eigenvalue weighted by Crippen LogP contribution is -2.39. The summed E-state index contributed by atoms with van der Waals surface area (Å²) in [4.78, 5) is 11.0. The number of nitrogens with zero attached hydrogens (tertiary/aromatic N) is 1. The SMILES string of the molecule is N#CC1=C(N)O[C@H](C(=O)[O-])[C@H]1c1ccc(F)cc1. The molecular formula is C12H8FN2O3-. The summed E-state index contributed by atoms with van der Waals surface area (Å²) in [6.07, 6.45) is -1.37. The van der Waals surface area contributed by atoms with E-state index in [9.17, 15) is 14.3 Å². The van der Waals surface area contributed by atoms with Crippen LogP contribution in [0, 0.1) is 17.1 Å². The third kappa shape index (κ3) is 1.86. The molecule has 2 atom stereocenters. The molecule has 0 amide bonds. The Morgan fingerprint density at radius 1 is 1.44 bits per heavy atom. The molecule has 0 fully saturated rings. The molecular weight excluding hydrogens is 239 g/mol. The summed E-state index contributed by atoms with van der Waals surface area (Å²) < 4.78 is 17.7. The minimum absolute atomic E-state index is 0.0100. The molecule has 1 heterocycles. The zero-order chi connectivity index (χ0) is 13.3. The number of carboxylic acids is 1. The first-order valence-electron chi connectivity index (χ1n) is 5.07. The van der Waals surface area contributed by atoms with E-state index in [0.29, 0.717) is 5.56 Å². The van der Waals surface area contributed by atoms with Crippen LogP contribution in [0.1, 0.15) is 11.5 Å². The molecule has 1 aromatic rings. The Labute approximate surface area is 102 Å². The number of nitriles is 1. The molecule has 0 radical (unpaired) electrons. The second-order valence-corrected chi connectivity index (χ2v) is 3.78. The average Bonchev–Trinajstić information content (AvgIpc) is 2.67. The van der Waals surface area contributed by atoms with Crippen LogP contribution in [0.2, 0.25) is 0 Å². The van der Waals surface area contributed by atoms with E-state index >= 15 is 0 Å². The van der Waals surface area contributed by atoms with Gasteiger partial charge >= 0.3 is 0 Å². The summed E-state index contributed by atoms with van der Waals surface area (Å²) in [6, 6.07) is 6.92. The maximum absolute atomic E-state index is 12.8. The first-order valence-corrected chi connectivity index (χ1v) is 5.07. The third-order valence-electron chi connectivity index (χ3n) is 2.72. The Morgan fingerprint density at radius 3 is 2.56 bits per heavy atom. The van der Waals surface area contributed by atoms with Crippen molar-refractivity contribution in [3.05, 3.63) is 47.1 Å². The summed E-state index contributed by atoms with van der Waals surface area (Å²) >= 11 is 0. The second-order valence-electron chi connectivity index (χ2n) is 3.78. The van der Waals surface area contributed by atoms with Crippen molar-refractivity contribution >= 4 is 5.97 Å². The fraction of sp³-hybridized carbons (Fsp3) is 0.167. The zero-order valence-corrected chi connectivity index (χ0v) is 9.09. The van der Waals surface area contributed by atoms with Gasteiger partial charge in [0.05, 0.1) is 11.9 Å². The number of ether oxygens (including phenoxy) is 1. The van der Waals surface area contributed by atoms with E-state index in [-0.39, 0.29) is 11.5 Å². The van der Waals surface area contributed by atoms with Crippen molar-refractivity contribution in [3.8, 4) is 6.07 Å². The molecule has 0 saturated carbocycles. The van der Waals surface area contributed by atoms with Crippen molar-refractivity contribution < 1.29 is 19.0 Å². The molecule has 2 rings (SSSR count). The number of halogens is 1. The van der Waals surface area contributed by atoms with Gasteiger partial charge in [-0.05, 0) is 17.7 Å². The predicted octanol–water partition coefficient (Wildman–Crippen LogP) is -0.248. The number of carbonyl (C=O) groups is 1. The summed E-state index contributed by atoms with van der Waals surface area (Å²) in [5.41, 5.74) is 5.89. The largest absolute Gasteiger partial charge is 0.546 e. The van der Waals surface area contributed by atoms with Crippen LogP contribution in [-0.4, -0.2) is 12.1 Å². The molecule has 2 N–H and O–H groups in total. The highest BCUT2D eigenvalue weighted by Crippen LogP contribution is 2.36. The van der Waals surface area contributed by atoms with E-state index in [1.54, 1.807) is 6.07 Å². The standard InChI is InChI=1S/C12H9FN2O3/c13-7-3-1-6(2-4-7)9-8(5-14)11(15)18-10(9)12(16)17/h1-4,9-10H,15H2,(H,16,17)/p-1/t9-,10-/m0/s1. The lowest BCUT2D eigenvalue weighted by molar-refractivity contribution is -0.315. The summed E-state index contributed by atoms with van der Waals surface area (Å²) in [5.74, 6) is -3.04. The quantitative estimate of drug-likeness (QED) is 0.777. The van der Waals surface area contributed by atoms with Crippen LogP contribution in [0.3, 0.4) is 0 Å². The fourth-order valence-corrected chi connectivity index (χ4v) is 1.89. The van der Waals surface area contributed by atoms with Crippen molar-refractivity contribution in [2.45, 2.75) is 12.0 Å². The molecule has 92 valence electrons. The molecule has 1 aliphatic heterocycles. The molecule has 6 heteroatoms. The maximum Gasteiger partial charge on any atom is 0.199 e. The highest BCUT2D eigenvalue weighted by molar-refractivity contribution is 5.74. The van der Waals surface area contributed by atoms with Gasteiger partial charge in [-0.3, -0.25) is 0 Å². The molecule has 1 aliphatic rings. The minimum Gasteiger partial charge on any atom is -0.546 e. The molecule has 0 unspecified atom stereocenters. The number of benzene rings is 1. The molecule has 18 heavy (non-hydrogen) atoms. The smallest absolute Gasteiger partial charge is 0.199 e. The molecule has 0 saturated heterocycles. The zero-order valence-electron chi connectivity index (χ0n) is 9.09. The number of hydrogen-bond donors (Lipinski definition) is 1. The van der Waals surface area contributed by atoms with Gasteiger partial charge in [0.1, 0.15) is 17.5 Å². The Hall–Kier alpha value is -2.55. The van der Waals surface area contributed by atoms with Crippen molar-refractivity contribution in [2.75, 3.05) is 0 Å². The fourth-order valence-electron chi connectivity index (χ4n) is 1.89. The third-order valence-corrected chi connectivity index (χ3v) is 2.72. The highest BCUT2D eigenvalue weighted by atomic mass is 19.1. The monoisotopic (exact) mass is 247 g/mol. The van der Waals surface area contributed by atoms with Crippen LogP contribution in [0.4, 0.5) is 4.39 Å². The van der Waals surface area contributed by atoms with Gasteiger partial charge in [0, 0.05) is 0 Å². The Bertz CT molecular complexity index is 560. The van der Waals surface area contributed by atoms with Crippen LogP contribution < -0.4 is 10.8 Å². The number of carboxylic acid groups (broad SMARTS) is 1. The highest BCUT2D eigenvalue weighted by Gasteiger charge is 2.38. The molecule has 1 aromatic carbocycles. The van der Waals surface area contributed by atoms with Crippen LogP contribution in [0.25, 0.3) is 0 Å². The number of carbonyl (C=O) groups excluding carboxylic acids is 1. The predicted molar refractivity (Wildman–Crippen MR) is 55.8 cm³/mol. The molecule has 0 aromatic heterocycles. The van der Waals surface area contributed by atoms with E-state index in [4.69, 9.17) is 15.7 Å². The van der Waals surface area contributed by atoms with Gasteiger partial charge in [0.15, 0.2) is 12.0 Å². The summed E-state index contributed by atoms with van der Waals surface area (Å²) in [7, 11) is 0. The Balaban J connectivity index is 2.47. The number of rotatable bonds is 2. The van der Waals surface area contributed by atoms with E-state index in [1.807, 2.05) is 0 Å². The van der Waals surface area contributed by atoms with E-state index in [0.717, 1.165) is 0 Å². The Morgan fingerprint density at radius 2 is 2.06 bits per heavy atom. The van der Waals surface area contributed by atoms with E-state index in [1.165, 1.54) is 24.3 Å². The maximum atomic E-state index is 12.8. The van der Waals surface area contributed by atoms with Crippen molar-refractivity contribution in [3.63, 3.8) is 0 Å². The van der Waals surface area contributed by atoms with Crippen molar-refractivity contribution in [1.82, 2.24) is 0 Å². The van der Waals surface area contributed by atoms with Crippen LogP contribution >= 0.6 is 0 Å². The Kier molecular flexibility index (Phi) is 2.90. The van der Waals surface area contributed by atoms with Crippen molar-refractivity contribution in [1.29, 1.82) is 5.26 Å². The van der Waals surface area contributed by atoms with Crippen molar-refractivity contribution in [2.24, 2.45) is 5.73 Å². The van der Waals surface area contributed by atoms with E-state index < -0.39 is 23.8 Å². The van der Waals surface area contributed by atoms with Gasteiger partial charge in [0.25, 0.3) is 0 Å². The van der Waals surface area contributed by atoms with Gasteiger partial charge < -0.3 is 20.4 Å². The minimum atomic E-state index is -1.47. The molecule has 5 nitrogen and oxygen atoms in total. The number of aliphatic carboxylic acids is 1. The summed E-state index contributed by atoms with van der Waals surface area (Å²) in [6.45, 7) is 0. The second kappa shape index (κ2) is 4.37. The molecule has 0 bridgehead atoms. The molecule has 0 aliphatic carbocycles. The molecule has 0 spiro atoms. The van der Waals surface area contributed by atoms with Gasteiger partial charge in [0.2, 0.25) is 0 Å². The van der Waals surface area contributed by atoms with Gasteiger partial charge in [-0.15, -0.1) is 0 Å². The van der Waals surface area contributed by atoms with Crippen LogP contribution in [-0.2, 0) is 9.53 Å². The topological polar surface area (TPSA) is 99.2 Å². The normalized spacial score (nSPS) is 22.4. The lowest BCUT2D eigenvalue weighted by atomic mass is 9.88. The van der Waals surface area contributed by atoms with Gasteiger partial charge in [-0.25, -0.2) is 4.39 Å². The van der Waals surface area contributed by atoms with Crippen LogP contribution in [0.15, 0.2) is 35.7 Å². The van der Waals surface area contributed by atoms with E-state index in [2.05, 4.69) is 0 Å². The summed E-state index contributed by atoms with van der Waals surface area (Å²) in [5, 5.41) is 19.9. The first kappa shape index (κ1) is 11.9. The lowest BCUT2D eigenvalue weighted by Gasteiger charge is -2.20. The first-order chi connectivity index (χ1) is 8.54. The van der Waals surface area contributed by atoms with Gasteiger partial charge in [-0.2, -0.15) is 5.26 Å². The average molecular weight is 247 g/mol.